The minimum atomic E-state index is 0.0407. The molecule has 6 heteroatoms. The Morgan fingerprint density at radius 1 is 1.07 bits per heavy atom. The standard InChI is InChI=1S/C21H37N3O2S/c1-19-22-20(17-27-19)24-14-16-26-21(18-24)9-12-23(13-10-21)11-7-5-3-2-4-6-8-15-25/h17,25H,2-16,18H2,1H3. The summed E-state index contributed by atoms with van der Waals surface area (Å²) in [7, 11) is 0. The maximum atomic E-state index is 8.80. The van der Waals surface area contributed by atoms with Crippen LogP contribution in [-0.4, -0.2) is 66.5 Å². The molecule has 5 nitrogen and oxygen atoms in total. The van der Waals surface area contributed by atoms with Gasteiger partial charge in [-0.05, 0) is 39.2 Å². The lowest BCUT2D eigenvalue weighted by atomic mass is 9.89. The van der Waals surface area contributed by atoms with Gasteiger partial charge in [0.1, 0.15) is 5.82 Å². The SMILES string of the molecule is Cc1nc(N2CCOC3(CCN(CCCCCCCCCO)CC3)C2)cs1. The van der Waals surface area contributed by atoms with Crippen LogP contribution in [0.4, 0.5) is 5.82 Å². The number of morpholine rings is 1. The Hall–Kier alpha value is -0.690. The average molecular weight is 396 g/mol. The molecule has 1 aromatic rings. The third-order valence-electron chi connectivity index (χ3n) is 6.08. The van der Waals surface area contributed by atoms with Crippen LogP contribution in [0.1, 0.15) is 62.8 Å². The quantitative estimate of drug-likeness (QED) is 0.610. The number of likely N-dealkylation sites (tertiary alicyclic amines) is 1. The molecule has 2 aliphatic heterocycles. The zero-order valence-electron chi connectivity index (χ0n) is 17.0. The molecular formula is C21H37N3O2S. The summed E-state index contributed by atoms with van der Waals surface area (Å²) in [5.41, 5.74) is 0.0407. The molecule has 3 rings (SSSR count). The first-order valence-electron chi connectivity index (χ1n) is 10.9. The van der Waals surface area contributed by atoms with Crippen LogP contribution in [0.25, 0.3) is 0 Å². The van der Waals surface area contributed by atoms with E-state index in [-0.39, 0.29) is 5.60 Å². The van der Waals surface area contributed by atoms with Crippen molar-refractivity contribution in [2.24, 2.45) is 0 Å². The number of aliphatic hydroxyl groups excluding tert-OH is 1. The van der Waals surface area contributed by atoms with E-state index >= 15 is 0 Å². The van der Waals surface area contributed by atoms with Gasteiger partial charge in [0.15, 0.2) is 0 Å². The number of aromatic nitrogens is 1. The van der Waals surface area contributed by atoms with Crippen molar-refractivity contribution in [3.8, 4) is 0 Å². The lowest BCUT2D eigenvalue weighted by molar-refractivity contribution is -0.0913. The van der Waals surface area contributed by atoms with Crippen LogP contribution in [-0.2, 0) is 4.74 Å². The number of anilines is 1. The first-order valence-corrected chi connectivity index (χ1v) is 11.7. The van der Waals surface area contributed by atoms with Crippen LogP contribution in [0.5, 0.6) is 0 Å². The van der Waals surface area contributed by atoms with Gasteiger partial charge < -0.3 is 19.6 Å². The fraction of sp³-hybridized carbons (Fsp3) is 0.857. The van der Waals surface area contributed by atoms with Gasteiger partial charge in [-0.25, -0.2) is 4.98 Å². The number of nitrogens with zero attached hydrogens (tertiary/aromatic N) is 3. The fourth-order valence-electron chi connectivity index (χ4n) is 4.36. The summed E-state index contributed by atoms with van der Waals surface area (Å²) >= 11 is 1.74. The third kappa shape index (κ3) is 6.41. The van der Waals surface area contributed by atoms with Crippen molar-refractivity contribution in [2.45, 2.75) is 70.3 Å². The highest BCUT2D eigenvalue weighted by atomic mass is 32.1. The molecule has 0 aliphatic carbocycles. The van der Waals surface area contributed by atoms with Gasteiger partial charge in [0.05, 0.1) is 17.2 Å². The molecular weight excluding hydrogens is 358 g/mol. The molecule has 154 valence electrons. The Morgan fingerprint density at radius 3 is 2.44 bits per heavy atom. The van der Waals surface area contributed by atoms with Gasteiger partial charge >= 0.3 is 0 Å². The van der Waals surface area contributed by atoms with Crippen LogP contribution < -0.4 is 4.90 Å². The van der Waals surface area contributed by atoms with Gasteiger partial charge in [-0.1, -0.05) is 32.1 Å². The predicted molar refractivity (Wildman–Crippen MR) is 113 cm³/mol. The lowest BCUT2D eigenvalue weighted by Gasteiger charge is -2.47. The Morgan fingerprint density at radius 2 is 1.78 bits per heavy atom. The molecule has 1 spiro atoms. The first kappa shape index (κ1) is 21.0. The highest BCUT2D eigenvalue weighted by molar-refractivity contribution is 7.09. The van der Waals surface area contributed by atoms with E-state index in [2.05, 4.69) is 27.1 Å². The number of hydrogen-bond acceptors (Lipinski definition) is 6. The molecule has 2 fully saturated rings. The topological polar surface area (TPSA) is 48.8 Å². The van der Waals surface area contributed by atoms with Gasteiger partial charge in [-0.15, -0.1) is 11.3 Å². The van der Waals surface area contributed by atoms with Crippen LogP contribution in [0.15, 0.2) is 5.38 Å². The molecule has 0 unspecified atom stereocenters. The van der Waals surface area contributed by atoms with E-state index in [0.717, 1.165) is 49.8 Å². The average Bonchev–Trinajstić information content (AvgIpc) is 3.12. The minimum Gasteiger partial charge on any atom is -0.396 e. The zero-order chi connectivity index (χ0) is 19.0. The van der Waals surface area contributed by atoms with Crippen LogP contribution in [0, 0.1) is 6.92 Å². The number of ether oxygens (including phenoxy) is 1. The van der Waals surface area contributed by atoms with Crippen LogP contribution in [0.2, 0.25) is 0 Å². The van der Waals surface area contributed by atoms with Crippen molar-refractivity contribution in [1.82, 2.24) is 9.88 Å². The summed E-state index contributed by atoms with van der Waals surface area (Å²) < 4.78 is 6.29. The van der Waals surface area contributed by atoms with Gasteiger partial charge in [0.2, 0.25) is 0 Å². The highest BCUT2D eigenvalue weighted by Gasteiger charge is 2.40. The van der Waals surface area contributed by atoms with Crippen molar-refractivity contribution in [3.63, 3.8) is 0 Å². The van der Waals surface area contributed by atoms with E-state index < -0.39 is 0 Å². The number of rotatable bonds is 10. The lowest BCUT2D eigenvalue weighted by Crippen LogP contribution is -2.57. The molecule has 0 aromatic carbocycles. The number of aliphatic hydroxyl groups is 1. The predicted octanol–water partition coefficient (Wildman–Crippen LogP) is 3.85. The molecule has 0 radical (unpaired) electrons. The molecule has 0 amide bonds. The molecule has 27 heavy (non-hydrogen) atoms. The van der Waals surface area contributed by atoms with Crippen LogP contribution in [0.3, 0.4) is 0 Å². The van der Waals surface area contributed by atoms with Gasteiger partial charge in [0, 0.05) is 38.2 Å². The van der Waals surface area contributed by atoms with Crippen molar-refractivity contribution in [2.75, 3.05) is 50.8 Å². The number of hydrogen-bond donors (Lipinski definition) is 1. The molecule has 2 aliphatic rings. The maximum Gasteiger partial charge on any atom is 0.140 e. The third-order valence-corrected chi connectivity index (χ3v) is 6.84. The smallest absolute Gasteiger partial charge is 0.140 e. The number of piperidine rings is 1. The zero-order valence-corrected chi connectivity index (χ0v) is 17.8. The summed E-state index contributed by atoms with van der Waals surface area (Å²) in [6.45, 7) is 8.79. The highest BCUT2D eigenvalue weighted by Crippen LogP contribution is 2.32. The van der Waals surface area contributed by atoms with E-state index in [1.807, 2.05) is 0 Å². The number of aryl methyl sites for hydroxylation is 1. The Labute approximate surface area is 168 Å². The van der Waals surface area contributed by atoms with Crippen molar-refractivity contribution in [3.05, 3.63) is 10.4 Å². The Balaban J connectivity index is 1.32. The largest absolute Gasteiger partial charge is 0.396 e. The second kappa shape index (κ2) is 10.7. The van der Waals surface area contributed by atoms with E-state index in [1.54, 1.807) is 11.3 Å². The van der Waals surface area contributed by atoms with E-state index in [9.17, 15) is 0 Å². The molecule has 1 aromatic heterocycles. The summed E-state index contributed by atoms with van der Waals surface area (Å²) in [5.74, 6) is 1.14. The van der Waals surface area contributed by atoms with Gasteiger partial charge in [-0.2, -0.15) is 0 Å². The summed E-state index contributed by atoms with van der Waals surface area (Å²) in [6.07, 6.45) is 11.0. The fourth-order valence-corrected chi connectivity index (χ4v) is 4.98. The molecule has 2 saturated heterocycles. The molecule has 0 atom stereocenters. The van der Waals surface area contributed by atoms with Gasteiger partial charge in [0.25, 0.3) is 0 Å². The van der Waals surface area contributed by atoms with Crippen LogP contribution >= 0.6 is 11.3 Å². The minimum absolute atomic E-state index is 0.0407. The normalized spacial score (nSPS) is 20.4. The number of thiazole rings is 1. The second-order valence-electron chi connectivity index (χ2n) is 8.22. The molecule has 0 bridgehead atoms. The monoisotopic (exact) mass is 395 g/mol. The van der Waals surface area contributed by atoms with Gasteiger partial charge in [-0.3, -0.25) is 0 Å². The molecule has 1 N–H and O–H groups in total. The van der Waals surface area contributed by atoms with E-state index in [1.165, 1.54) is 58.2 Å². The molecule has 3 heterocycles. The Bertz CT molecular complexity index is 543. The first-order chi connectivity index (χ1) is 13.2. The maximum absolute atomic E-state index is 8.80. The second-order valence-corrected chi connectivity index (χ2v) is 9.28. The number of unbranched alkanes of at least 4 members (excludes halogenated alkanes) is 6. The van der Waals surface area contributed by atoms with Crippen molar-refractivity contribution >= 4 is 17.2 Å². The summed E-state index contributed by atoms with van der Waals surface area (Å²) in [6, 6.07) is 0. The van der Waals surface area contributed by atoms with E-state index in [0.29, 0.717) is 6.61 Å². The Kier molecular flexibility index (Phi) is 8.37. The van der Waals surface area contributed by atoms with E-state index in [4.69, 9.17) is 9.84 Å². The summed E-state index contributed by atoms with van der Waals surface area (Å²) in [5, 5.41) is 12.1. The van der Waals surface area contributed by atoms with Crippen molar-refractivity contribution < 1.29 is 9.84 Å². The summed E-state index contributed by atoms with van der Waals surface area (Å²) in [4.78, 5) is 9.74. The molecule has 0 saturated carbocycles. The van der Waals surface area contributed by atoms with Crippen molar-refractivity contribution in [1.29, 1.82) is 0 Å².